The molecule has 2 heterocycles. The van der Waals surface area contributed by atoms with Crippen molar-refractivity contribution in [1.82, 2.24) is 15.1 Å². The number of rotatable bonds is 2. The molecule has 1 aliphatic rings. The van der Waals surface area contributed by atoms with Gasteiger partial charge in [-0.2, -0.15) is 10.4 Å². The monoisotopic (exact) mass is 231 g/mol. The summed E-state index contributed by atoms with van der Waals surface area (Å²) >= 11 is 0. The standard InChI is InChI=1S/C12H17N5/c1-16(2)11-4-3-7-17(9-11)12-10(8-13)5-6-14-15-12/h5-6,11H,3-4,7,9H2,1-2H3. The van der Waals surface area contributed by atoms with Crippen molar-refractivity contribution in [2.75, 3.05) is 32.1 Å². The molecule has 1 aromatic heterocycles. The van der Waals surface area contributed by atoms with Gasteiger partial charge in [0.25, 0.3) is 0 Å². The second kappa shape index (κ2) is 5.11. The summed E-state index contributed by atoms with van der Waals surface area (Å²) in [5.74, 6) is 0.724. The average molecular weight is 231 g/mol. The minimum atomic E-state index is 0.525. The van der Waals surface area contributed by atoms with Gasteiger partial charge in [0, 0.05) is 19.1 Å². The van der Waals surface area contributed by atoms with E-state index < -0.39 is 0 Å². The highest BCUT2D eigenvalue weighted by molar-refractivity contribution is 5.52. The van der Waals surface area contributed by atoms with Gasteiger partial charge in [-0.1, -0.05) is 0 Å². The maximum Gasteiger partial charge on any atom is 0.169 e. The fourth-order valence-electron chi connectivity index (χ4n) is 2.21. The molecular weight excluding hydrogens is 214 g/mol. The Morgan fingerprint density at radius 3 is 3.06 bits per heavy atom. The first-order valence-electron chi connectivity index (χ1n) is 5.85. The van der Waals surface area contributed by atoms with E-state index in [9.17, 15) is 0 Å². The Bertz CT molecular complexity index is 423. The van der Waals surface area contributed by atoms with Gasteiger partial charge in [-0.15, -0.1) is 5.10 Å². The SMILES string of the molecule is CN(C)C1CCCN(c2nnccc2C#N)C1. The smallest absolute Gasteiger partial charge is 0.169 e. The molecule has 5 heteroatoms. The average Bonchev–Trinajstić information content (AvgIpc) is 2.39. The van der Waals surface area contributed by atoms with E-state index in [1.54, 1.807) is 12.3 Å². The van der Waals surface area contributed by atoms with Crippen molar-refractivity contribution >= 4 is 5.82 Å². The number of nitriles is 1. The van der Waals surface area contributed by atoms with Gasteiger partial charge >= 0.3 is 0 Å². The normalized spacial score (nSPS) is 20.4. The third-order valence-corrected chi connectivity index (χ3v) is 3.25. The van der Waals surface area contributed by atoms with Gasteiger partial charge in [-0.3, -0.25) is 0 Å². The zero-order valence-corrected chi connectivity index (χ0v) is 10.3. The zero-order valence-electron chi connectivity index (χ0n) is 10.3. The van der Waals surface area contributed by atoms with Gasteiger partial charge in [0.1, 0.15) is 6.07 Å². The van der Waals surface area contributed by atoms with E-state index in [-0.39, 0.29) is 0 Å². The Labute approximate surface area is 102 Å². The van der Waals surface area contributed by atoms with Crippen molar-refractivity contribution in [3.05, 3.63) is 17.8 Å². The Kier molecular flexibility index (Phi) is 3.55. The van der Waals surface area contributed by atoms with Crippen molar-refractivity contribution in [3.8, 4) is 6.07 Å². The quantitative estimate of drug-likeness (QED) is 0.756. The molecule has 0 aromatic carbocycles. The maximum absolute atomic E-state index is 9.07. The lowest BCUT2D eigenvalue weighted by molar-refractivity contribution is 0.257. The van der Waals surface area contributed by atoms with Crippen LogP contribution in [0, 0.1) is 11.3 Å². The summed E-state index contributed by atoms with van der Waals surface area (Å²) in [5, 5.41) is 17.1. The lowest BCUT2D eigenvalue weighted by Gasteiger charge is -2.36. The summed E-state index contributed by atoms with van der Waals surface area (Å²) in [7, 11) is 4.19. The summed E-state index contributed by atoms with van der Waals surface area (Å²) in [5.41, 5.74) is 0.611. The van der Waals surface area contributed by atoms with Crippen molar-refractivity contribution in [1.29, 1.82) is 5.26 Å². The summed E-state index contributed by atoms with van der Waals surface area (Å²) in [6, 6.07) is 4.43. The van der Waals surface area contributed by atoms with Crippen molar-refractivity contribution in [2.45, 2.75) is 18.9 Å². The molecular formula is C12H17N5. The van der Waals surface area contributed by atoms with Crippen LogP contribution in [0.1, 0.15) is 18.4 Å². The highest BCUT2D eigenvalue weighted by atomic mass is 15.3. The predicted octanol–water partition coefficient (Wildman–Crippen LogP) is 0.879. The van der Waals surface area contributed by atoms with Crippen LogP contribution >= 0.6 is 0 Å². The van der Waals surface area contributed by atoms with Gasteiger partial charge in [0.15, 0.2) is 5.82 Å². The van der Waals surface area contributed by atoms with Crippen LogP contribution in [0.2, 0.25) is 0 Å². The molecule has 0 N–H and O–H groups in total. The van der Waals surface area contributed by atoms with Gasteiger partial charge in [-0.05, 0) is 33.0 Å². The van der Waals surface area contributed by atoms with Gasteiger partial charge < -0.3 is 9.80 Å². The zero-order chi connectivity index (χ0) is 12.3. The fraction of sp³-hybridized carbons (Fsp3) is 0.583. The molecule has 1 aliphatic heterocycles. The number of nitrogens with zero attached hydrogens (tertiary/aromatic N) is 5. The Hall–Kier alpha value is -1.67. The van der Waals surface area contributed by atoms with Crippen LogP contribution in [0.15, 0.2) is 12.3 Å². The summed E-state index contributed by atoms with van der Waals surface area (Å²) in [4.78, 5) is 4.40. The lowest BCUT2D eigenvalue weighted by Crippen LogP contribution is -2.45. The van der Waals surface area contributed by atoms with E-state index in [2.05, 4.69) is 40.2 Å². The summed E-state index contributed by atoms with van der Waals surface area (Å²) in [6.07, 6.45) is 3.89. The van der Waals surface area contributed by atoms with E-state index in [1.807, 2.05) is 0 Å². The predicted molar refractivity (Wildman–Crippen MR) is 65.7 cm³/mol. The van der Waals surface area contributed by atoms with Crippen LogP contribution in [0.25, 0.3) is 0 Å². The summed E-state index contributed by atoms with van der Waals surface area (Å²) < 4.78 is 0. The second-order valence-corrected chi connectivity index (χ2v) is 4.59. The molecule has 1 fully saturated rings. The molecule has 1 unspecified atom stereocenters. The van der Waals surface area contributed by atoms with Crippen LogP contribution in [0.4, 0.5) is 5.82 Å². The van der Waals surface area contributed by atoms with E-state index >= 15 is 0 Å². The molecule has 5 nitrogen and oxygen atoms in total. The van der Waals surface area contributed by atoms with E-state index in [0.29, 0.717) is 11.6 Å². The molecule has 0 radical (unpaired) electrons. The number of piperidine rings is 1. The largest absolute Gasteiger partial charge is 0.352 e. The molecule has 90 valence electrons. The first kappa shape index (κ1) is 11.8. The number of anilines is 1. The van der Waals surface area contributed by atoms with Crippen LogP contribution in [0.3, 0.4) is 0 Å². The first-order valence-corrected chi connectivity index (χ1v) is 5.85. The molecule has 1 aromatic rings. The highest BCUT2D eigenvalue weighted by Crippen LogP contribution is 2.21. The Morgan fingerprint density at radius 1 is 1.53 bits per heavy atom. The number of hydrogen-bond donors (Lipinski definition) is 0. The first-order chi connectivity index (χ1) is 8.22. The molecule has 0 saturated carbocycles. The number of hydrogen-bond acceptors (Lipinski definition) is 5. The van der Waals surface area contributed by atoms with E-state index in [0.717, 1.165) is 25.3 Å². The molecule has 0 amide bonds. The fourth-order valence-corrected chi connectivity index (χ4v) is 2.21. The Balaban J connectivity index is 2.19. The number of aromatic nitrogens is 2. The summed E-state index contributed by atoms with van der Waals surface area (Å²) in [6.45, 7) is 1.87. The van der Waals surface area contributed by atoms with Crippen molar-refractivity contribution in [2.24, 2.45) is 0 Å². The van der Waals surface area contributed by atoms with Crippen molar-refractivity contribution < 1.29 is 0 Å². The molecule has 1 saturated heterocycles. The molecule has 2 rings (SSSR count). The van der Waals surface area contributed by atoms with Gasteiger partial charge in [-0.25, -0.2) is 0 Å². The highest BCUT2D eigenvalue weighted by Gasteiger charge is 2.24. The van der Waals surface area contributed by atoms with Crippen molar-refractivity contribution in [3.63, 3.8) is 0 Å². The topological polar surface area (TPSA) is 56.1 Å². The number of likely N-dealkylation sites (N-methyl/N-ethyl adjacent to an activating group) is 1. The van der Waals surface area contributed by atoms with Crippen LogP contribution in [0.5, 0.6) is 0 Å². The van der Waals surface area contributed by atoms with E-state index in [1.165, 1.54) is 6.42 Å². The van der Waals surface area contributed by atoms with Gasteiger partial charge in [0.2, 0.25) is 0 Å². The molecule has 17 heavy (non-hydrogen) atoms. The lowest BCUT2D eigenvalue weighted by atomic mass is 10.0. The molecule has 1 atom stereocenters. The minimum Gasteiger partial charge on any atom is -0.352 e. The van der Waals surface area contributed by atoms with Crippen LogP contribution in [-0.2, 0) is 0 Å². The third kappa shape index (κ3) is 2.53. The van der Waals surface area contributed by atoms with E-state index in [4.69, 9.17) is 5.26 Å². The molecule has 0 spiro atoms. The minimum absolute atomic E-state index is 0.525. The van der Waals surface area contributed by atoms with Crippen LogP contribution < -0.4 is 4.90 Å². The second-order valence-electron chi connectivity index (χ2n) is 4.59. The maximum atomic E-state index is 9.07. The van der Waals surface area contributed by atoms with Gasteiger partial charge in [0.05, 0.1) is 11.8 Å². The van der Waals surface area contributed by atoms with Crippen LogP contribution in [-0.4, -0.2) is 48.3 Å². The molecule has 0 aliphatic carbocycles. The third-order valence-electron chi connectivity index (χ3n) is 3.25. The Morgan fingerprint density at radius 2 is 2.35 bits per heavy atom. The molecule has 0 bridgehead atoms.